The topological polar surface area (TPSA) is 117 Å². The summed E-state index contributed by atoms with van der Waals surface area (Å²) < 4.78 is 5.23. The number of hydrogen-bond acceptors (Lipinski definition) is 9. The molecule has 196 valence electrons. The number of rotatable bonds is 8. The molecule has 1 amide bonds. The molecule has 1 atom stereocenters. The van der Waals surface area contributed by atoms with Gasteiger partial charge in [0.05, 0.1) is 25.2 Å². The van der Waals surface area contributed by atoms with Crippen LogP contribution in [0.15, 0.2) is 48.5 Å². The van der Waals surface area contributed by atoms with Crippen molar-refractivity contribution in [1.82, 2.24) is 25.3 Å². The van der Waals surface area contributed by atoms with Gasteiger partial charge in [0, 0.05) is 30.6 Å². The number of amides is 1. The molecule has 0 aliphatic carbocycles. The number of anilines is 3. The molecule has 1 aliphatic rings. The number of hydrogen-bond donors (Lipinski definition) is 3. The average Bonchev–Trinajstić information content (AvgIpc) is 2.91. The van der Waals surface area contributed by atoms with Crippen molar-refractivity contribution in [3.8, 4) is 5.75 Å². The van der Waals surface area contributed by atoms with Gasteiger partial charge in [0.1, 0.15) is 17.4 Å². The van der Waals surface area contributed by atoms with Crippen molar-refractivity contribution in [2.45, 2.75) is 33.4 Å². The van der Waals surface area contributed by atoms with Gasteiger partial charge >= 0.3 is 0 Å². The lowest BCUT2D eigenvalue weighted by molar-refractivity contribution is -0.120. The fraction of sp³-hybridized carbons (Fsp3) is 0.321. The number of ether oxygens (including phenoxy) is 1. The standard InChI is InChI=1S/C28H32N8O2/c1-17-5-10-24-21(13-17)14-23(26(34-24)36-12-11-29-25(37)16-36)18(2)31-28-33-19(3)32-27(35-28)30-15-20-6-8-22(38-4)9-7-20/h5-10,13-14,18H,11-12,15-16H2,1-4H3,(H,29,37)(H2,30,31,32,33,35). The molecular formula is C28H32N8O2. The van der Waals surface area contributed by atoms with Gasteiger partial charge in [0.15, 0.2) is 0 Å². The summed E-state index contributed by atoms with van der Waals surface area (Å²) in [6.45, 7) is 8.08. The van der Waals surface area contributed by atoms with Gasteiger partial charge in [-0.15, -0.1) is 0 Å². The maximum absolute atomic E-state index is 12.2. The Morgan fingerprint density at radius 3 is 2.58 bits per heavy atom. The Balaban J connectivity index is 1.40. The first-order chi connectivity index (χ1) is 18.4. The molecule has 2 aromatic heterocycles. The first-order valence-electron chi connectivity index (χ1n) is 12.7. The van der Waals surface area contributed by atoms with E-state index < -0.39 is 0 Å². The van der Waals surface area contributed by atoms with E-state index in [2.05, 4.69) is 62.9 Å². The van der Waals surface area contributed by atoms with Crippen LogP contribution in [-0.4, -0.2) is 52.6 Å². The normalized spacial score (nSPS) is 14.2. The van der Waals surface area contributed by atoms with Crippen molar-refractivity contribution >= 4 is 34.5 Å². The van der Waals surface area contributed by atoms with Crippen LogP contribution in [0.2, 0.25) is 0 Å². The summed E-state index contributed by atoms with van der Waals surface area (Å²) in [5, 5.41) is 10.7. The highest BCUT2D eigenvalue weighted by Gasteiger charge is 2.24. The summed E-state index contributed by atoms with van der Waals surface area (Å²) in [7, 11) is 1.65. The highest BCUT2D eigenvalue weighted by atomic mass is 16.5. The van der Waals surface area contributed by atoms with Crippen molar-refractivity contribution in [3.63, 3.8) is 0 Å². The molecule has 10 nitrogen and oxygen atoms in total. The molecule has 4 aromatic rings. The number of fused-ring (bicyclic) bond motifs is 1. The molecule has 10 heteroatoms. The van der Waals surface area contributed by atoms with Crippen LogP contribution >= 0.6 is 0 Å². The van der Waals surface area contributed by atoms with Crippen molar-refractivity contribution in [1.29, 1.82) is 0 Å². The largest absolute Gasteiger partial charge is 0.497 e. The summed E-state index contributed by atoms with van der Waals surface area (Å²) in [6, 6.07) is 16.0. The summed E-state index contributed by atoms with van der Waals surface area (Å²) in [6.07, 6.45) is 0. The minimum Gasteiger partial charge on any atom is -0.497 e. The zero-order chi connectivity index (χ0) is 26.6. The average molecular weight is 513 g/mol. The van der Waals surface area contributed by atoms with Crippen LogP contribution in [0.25, 0.3) is 10.9 Å². The second-order valence-electron chi connectivity index (χ2n) is 9.47. The minimum absolute atomic E-state index is 0.00529. The second-order valence-corrected chi connectivity index (χ2v) is 9.47. The molecule has 5 rings (SSSR count). The van der Waals surface area contributed by atoms with Crippen molar-refractivity contribution in [2.75, 3.05) is 42.3 Å². The Labute approximate surface area is 221 Å². The van der Waals surface area contributed by atoms with Gasteiger partial charge in [0.25, 0.3) is 0 Å². The highest BCUT2D eigenvalue weighted by molar-refractivity contribution is 5.86. The van der Waals surface area contributed by atoms with E-state index in [-0.39, 0.29) is 18.5 Å². The molecule has 1 unspecified atom stereocenters. The molecule has 1 saturated heterocycles. The number of nitrogens with one attached hydrogen (secondary N) is 3. The first kappa shape index (κ1) is 25.2. The quantitative estimate of drug-likeness (QED) is 0.324. The summed E-state index contributed by atoms with van der Waals surface area (Å²) in [5.41, 5.74) is 4.12. The van der Waals surface area contributed by atoms with Crippen LogP contribution in [0.1, 0.15) is 35.5 Å². The van der Waals surface area contributed by atoms with Gasteiger partial charge in [-0.3, -0.25) is 4.79 Å². The van der Waals surface area contributed by atoms with Crippen molar-refractivity contribution in [2.24, 2.45) is 0 Å². The molecule has 0 radical (unpaired) electrons. The van der Waals surface area contributed by atoms with Crippen LogP contribution in [-0.2, 0) is 11.3 Å². The SMILES string of the molecule is COc1ccc(CNc2nc(C)nc(NC(C)c3cc4cc(C)ccc4nc3N3CCNC(=O)C3)n2)cc1. The number of aromatic nitrogens is 4. The van der Waals surface area contributed by atoms with Crippen molar-refractivity contribution in [3.05, 3.63) is 71.0 Å². The monoisotopic (exact) mass is 512 g/mol. The van der Waals surface area contributed by atoms with Crippen LogP contribution in [0, 0.1) is 13.8 Å². The third-order valence-corrected chi connectivity index (χ3v) is 6.49. The molecule has 1 fully saturated rings. The minimum atomic E-state index is -0.177. The Hall–Kier alpha value is -4.47. The smallest absolute Gasteiger partial charge is 0.239 e. The number of piperazine rings is 1. The number of benzene rings is 2. The Bertz CT molecular complexity index is 1460. The third kappa shape index (κ3) is 5.74. The van der Waals surface area contributed by atoms with Crippen LogP contribution in [0.5, 0.6) is 5.75 Å². The lowest BCUT2D eigenvalue weighted by Crippen LogP contribution is -2.48. The summed E-state index contributed by atoms with van der Waals surface area (Å²) >= 11 is 0. The molecule has 3 N–H and O–H groups in total. The summed E-state index contributed by atoms with van der Waals surface area (Å²) in [4.78, 5) is 32.8. The Morgan fingerprint density at radius 2 is 1.82 bits per heavy atom. The van der Waals surface area contributed by atoms with E-state index in [9.17, 15) is 4.79 Å². The molecule has 0 bridgehead atoms. The van der Waals surface area contributed by atoms with E-state index in [0.717, 1.165) is 39.2 Å². The van der Waals surface area contributed by atoms with Crippen LogP contribution in [0.4, 0.5) is 17.7 Å². The van der Waals surface area contributed by atoms with E-state index in [1.807, 2.05) is 42.2 Å². The lowest BCUT2D eigenvalue weighted by atomic mass is 10.0. The van der Waals surface area contributed by atoms with E-state index in [1.54, 1.807) is 7.11 Å². The Morgan fingerprint density at radius 1 is 1.03 bits per heavy atom. The fourth-order valence-electron chi connectivity index (χ4n) is 4.51. The van der Waals surface area contributed by atoms with Gasteiger partial charge in [-0.25, -0.2) is 4.98 Å². The van der Waals surface area contributed by atoms with Crippen LogP contribution in [0.3, 0.4) is 0 Å². The second kappa shape index (κ2) is 10.9. The highest BCUT2D eigenvalue weighted by Crippen LogP contribution is 2.31. The molecule has 2 aromatic carbocycles. The number of aryl methyl sites for hydroxylation is 2. The van der Waals surface area contributed by atoms with E-state index in [0.29, 0.717) is 37.4 Å². The fourth-order valence-corrected chi connectivity index (χ4v) is 4.51. The molecule has 0 saturated carbocycles. The predicted octanol–water partition coefficient (Wildman–Crippen LogP) is 3.77. The zero-order valence-corrected chi connectivity index (χ0v) is 22.1. The van der Waals surface area contributed by atoms with Gasteiger partial charge in [-0.05, 0) is 56.7 Å². The van der Waals surface area contributed by atoms with Gasteiger partial charge in [-0.2, -0.15) is 15.0 Å². The van der Waals surface area contributed by atoms with Crippen molar-refractivity contribution < 1.29 is 9.53 Å². The number of pyridine rings is 1. The number of nitrogens with zero attached hydrogens (tertiary/aromatic N) is 5. The predicted molar refractivity (Wildman–Crippen MR) is 149 cm³/mol. The first-order valence-corrected chi connectivity index (χ1v) is 12.7. The van der Waals surface area contributed by atoms with E-state index in [4.69, 9.17) is 9.72 Å². The molecule has 3 heterocycles. The maximum Gasteiger partial charge on any atom is 0.239 e. The third-order valence-electron chi connectivity index (χ3n) is 6.49. The van der Waals surface area contributed by atoms with Gasteiger partial charge in [0.2, 0.25) is 17.8 Å². The molecular weight excluding hydrogens is 480 g/mol. The van der Waals surface area contributed by atoms with E-state index >= 15 is 0 Å². The van der Waals surface area contributed by atoms with E-state index in [1.165, 1.54) is 0 Å². The van der Waals surface area contributed by atoms with Crippen LogP contribution < -0.4 is 25.6 Å². The molecule has 38 heavy (non-hydrogen) atoms. The molecule has 0 spiro atoms. The number of carbonyl (C=O) groups excluding carboxylic acids is 1. The maximum atomic E-state index is 12.2. The van der Waals surface area contributed by atoms with Gasteiger partial charge in [-0.1, -0.05) is 23.8 Å². The summed E-state index contributed by atoms with van der Waals surface area (Å²) in [5.74, 6) is 3.16. The number of methoxy groups -OCH3 is 1. The number of carbonyl (C=O) groups is 1. The van der Waals surface area contributed by atoms with Gasteiger partial charge < -0.3 is 25.6 Å². The molecule has 1 aliphatic heterocycles. The lowest BCUT2D eigenvalue weighted by Gasteiger charge is -2.31. The Kier molecular flexibility index (Phi) is 7.21. The zero-order valence-electron chi connectivity index (χ0n) is 22.1.